The Bertz CT molecular complexity index is 596. The Morgan fingerprint density at radius 3 is 2.62 bits per heavy atom. The number of nitrogens with zero attached hydrogens (tertiary/aromatic N) is 2. The number of non-ortho nitro benzene ring substituents is 1. The Kier molecular flexibility index (Phi) is 2.52. The number of rotatable bonds is 1. The highest BCUT2D eigenvalue weighted by Crippen LogP contribution is 2.33. The summed E-state index contributed by atoms with van der Waals surface area (Å²) >= 11 is 6.15. The third-order valence-corrected chi connectivity index (χ3v) is 3.00. The van der Waals surface area contributed by atoms with E-state index in [-0.39, 0.29) is 5.69 Å². The molecule has 1 aromatic carbocycles. The predicted octanol–water partition coefficient (Wildman–Crippen LogP) is 3.41. The number of aromatic nitrogens is 1. The first kappa shape index (κ1) is 10.8. The van der Waals surface area contributed by atoms with Gasteiger partial charge in [-0.15, -0.1) is 0 Å². The van der Waals surface area contributed by atoms with Gasteiger partial charge < -0.3 is 0 Å². The Morgan fingerprint density at radius 2 is 2.00 bits per heavy atom. The number of hydrogen-bond acceptors (Lipinski definition) is 3. The van der Waals surface area contributed by atoms with E-state index in [4.69, 9.17) is 11.6 Å². The van der Waals surface area contributed by atoms with Crippen molar-refractivity contribution in [2.24, 2.45) is 0 Å². The van der Waals surface area contributed by atoms with E-state index < -0.39 is 4.92 Å². The van der Waals surface area contributed by atoms with Crippen LogP contribution in [0.1, 0.15) is 11.1 Å². The van der Waals surface area contributed by atoms with Crippen molar-refractivity contribution in [2.45, 2.75) is 13.8 Å². The summed E-state index contributed by atoms with van der Waals surface area (Å²) in [6, 6.07) is 3.14. The molecule has 0 saturated heterocycles. The first-order chi connectivity index (χ1) is 7.52. The molecule has 0 spiro atoms. The van der Waals surface area contributed by atoms with Crippen molar-refractivity contribution < 1.29 is 4.92 Å². The summed E-state index contributed by atoms with van der Waals surface area (Å²) < 4.78 is 0. The average molecular weight is 237 g/mol. The highest BCUT2D eigenvalue weighted by atomic mass is 35.5. The fourth-order valence-electron chi connectivity index (χ4n) is 1.65. The molecule has 0 bridgehead atoms. The molecule has 0 aliphatic heterocycles. The summed E-state index contributed by atoms with van der Waals surface area (Å²) in [4.78, 5) is 14.5. The van der Waals surface area contributed by atoms with Crippen molar-refractivity contribution in [3.63, 3.8) is 0 Å². The molecule has 0 saturated carbocycles. The van der Waals surface area contributed by atoms with E-state index in [2.05, 4.69) is 4.98 Å². The van der Waals surface area contributed by atoms with Crippen LogP contribution in [0.5, 0.6) is 0 Å². The molecule has 1 aromatic heterocycles. The third kappa shape index (κ3) is 1.51. The van der Waals surface area contributed by atoms with Gasteiger partial charge in [0.05, 0.1) is 9.95 Å². The topological polar surface area (TPSA) is 56.0 Å². The fourth-order valence-corrected chi connectivity index (χ4v) is 1.94. The number of fused-ring (bicyclic) bond motifs is 1. The van der Waals surface area contributed by atoms with Crippen molar-refractivity contribution in [2.75, 3.05) is 0 Å². The zero-order chi connectivity index (χ0) is 11.9. The molecule has 2 rings (SSSR count). The zero-order valence-electron chi connectivity index (χ0n) is 8.82. The van der Waals surface area contributed by atoms with Crippen molar-refractivity contribution in [3.05, 3.63) is 44.6 Å². The lowest BCUT2D eigenvalue weighted by Gasteiger charge is -2.06. The minimum Gasteiger partial charge on any atom is -0.258 e. The van der Waals surface area contributed by atoms with Crippen LogP contribution in [0.4, 0.5) is 5.69 Å². The lowest BCUT2D eigenvalue weighted by molar-refractivity contribution is -0.383. The second-order valence-corrected chi connectivity index (χ2v) is 4.02. The molecule has 16 heavy (non-hydrogen) atoms. The lowest BCUT2D eigenvalue weighted by atomic mass is 10.1. The van der Waals surface area contributed by atoms with Crippen LogP contribution in [0, 0.1) is 24.0 Å². The van der Waals surface area contributed by atoms with Crippen LogP contribution < -0.4 is 0 Å². The summed E-state index contributed by atoms with van der Waals surface area (Å²) in [6.07, 6.45) is 1.55. The van der Waals surface area contributed by atoms with Crippen molar-refractivity contribution in [3.8, 4) is 0 Å². The number of aryl methyl sites for hydroxylation is 2. The van der Waals surface area contributed by atoms with Crippen LogP contribution in [0.3, 0.4) is 0 Å². The molecule has 1 heterocycles. The number of nitro benzene ring substituents is 1. The first-order valence-corrected chi connectivity index (χ1v) is 5.09. The van der Waals surface area contributed by atoms with Crippen molar-refractivity contribution >= 4 is 28.2 Å². The van der Waals surface area contributed by atoms with Gasteiger partial charge in [0.2, 0.25) is 0 Å². The van der Waals surface area contributed by atoms with Gasteiger partial charge in [-0.2, -0.15) is 0 Å². The van der Waals surface area contributed by atoms with Gasteiger partial charge in [0.25, 0.3) is 5.69 Å². The van der Waals surface area contributed by atoms with Crippen LogP contribution in [-0.4, -0.2) is 9.91 Å². The number of benzene rings is 1. The molecular weight excluding hydrogens is 228 g/mol. The molecule has 0 aliphatic carbocycles. The van der Waals surface area contributed by atoms with Gasteiger partial charge in [0.1, 0.15) is 5.52 Å². The molecule has 0 fully saturated rings. The molecule has 0 unspecified atom stereocenters. The molecule has 2 aromatic rings. The fraction of sp³-hybridized carbons (Fsp3) is 0.182. The predicted molar refractivity (Wildman–Crippen MR) is 62.9 cm³/mol. The molecule has 0 aliphatic rings. The molecule has 0 radical (unpaired) electrons. The first-order valence-electron chi connectivity index (χ1n) is 4.71. The summed E-state index contributed by atoms with van der Waals surface area (Å²) in [5.74, 6) is 0. The quantitative estimate of drug-likeness (QED) is 0.563. The van der Waals surface area contributed by atoms with Crippen LogP contribution in [0.15, 0.2) is 18.3 Å². The Labute approximate surface area is 97.0 Å². The van der Waals surface area contributed by atoms with Crippen molar-refractivity contribution in [1.29, 1.82) is 0 Å². The molecule has 4 nitrogen and oxygen atoms in total. The highest BCUT2D eigenvalue weighted by Gasteiger charge is 2.17. The van der Waals surface area contributed by atoms with Crippen LogP contribution in [0.2, 0.25) is 5.02 Å². The summed E-state index contributed by atoms with van der Waals surface area (Å²) in [5.41, 5.74) is 2.04. The van der Waals surface area contributed by atoms with Crippen LogP contribution in [-0.2, 0) is 0 Å². The van der Waals surface area contributed by atoms with Gasteiger partial charge in [-0.25, -0.2) is 4.98 Å². The van der Waals surface area contributed by atoms with E-state index in [1.165, 1.54) is 6.07 Å². The summed E-state index contributed by atoms with van der Waals surface area (Å²) in [5, 5.41) is 12.0. The van der Waals surface area contributed by atoms with E-state index in [0.29, 0.717) is 15.9 Å². The van der Waals surface area contributed by atoms with Gasteiger partial charge in [0, 0.05) is 17.6 Å². The third-order valence-electron chi connectivity index (χ3n) is 2.51. The number of hydrogen-bond donors (Lipinski definition) is 0. The van der Waals surface area contributed by atoms with E-state index in [9.17, 15) is 10.1 Å². The monoisotopic (exact) mass is 236 g/mol. The molecule has 0 atom stereocenters. The average Bonchev–Trinajstić information content (AvgIpc) is 2.23. The number of halogens is 1. The molecule has 0 amide bonds. The van der Waals surface area contributed by atoms with E-state index in [1.54, 1.807) is 12.3 Å². The van der Waals surface area contributed by atoms with Gasteiger partial charge in [0.15, 0.2) is 0 Å². The Morgan fingerprint density at radius 1 is 1.31 bits per heavy atom. The normalized spacial score (nSPS) is 10.7. The minimum atomic E-state index is -0.444. The van der Waals surface area contributed by atoms with E-state index in [0.717, 1.165) is 11.1 Å². The number of nitro groups is 1. The van der Waals surface area contributed by atoms with Crippen LogP contribution in [0.25, 0.3) is 10.9 Å². The Hall–Kier alpha value is -1.68. The summed E-state index contributed by atoms with van der Waals surface area (Å²) in [6.45, 7) is 3.69. The van der Waals surface area contributed by atoms with Crippen LogP contribution >= 0.6 is 11.6 Å². The van der Waals surface area contributed by atoms with Crippen molar-refractivity contribution in [1.82, 2.24) is 4.98 Å². The zero-order valence-corrected chi connectivity index (χ0v) is 9.58. The maximum Gasteiger partial charge on any atom is 0.295 e. The molecular formula is C11H9ClN2O2. The molecule has 5 heteroatoms. The van der Waals surface area contributed by atoms with Gasteiger partial charge in [-0.05, 0) is 25.0 Å². The lowest BCUT2D eigenvalue weighted by Crippen LogP contribution is -1.94. The number of pyridine rings is 1. The smallest absolute Gasteiger partial charge is 0.258 e. The maximum atomic E-state index is 10.8. The molecule has 82 valence electrons. The summed E-state index contributed by atoms with van der Waals surface area (Å²) in [7, 11) is 0. The van der Waals surface area contributed by atoms with E-state index >= 15 is 0 Å². The minimum absolute atomic E-state index is 0.0116. The second kappa shape index (κ2) is 3.72. The Balaban J connectivity index is 2.97. The standard InChI is InChI=1S/C11H9ClN2O2/c1-6-3-4-8(14(15)16)11-9(6)10(12)7(2)5-13-11/h3-5H,1-2H3. The van der Waals surface area contributed by atoms with Gasteiger partial charge >= 0.3 is 0 Å². The largest absolute Gasteiger partial charge is 0.295 e. The van der Waals surface area contributed by atoms with Gasteiger partial charge in [-0.1, -0.05) is 17.7 Å². The SMILES string of the molecule is Cc1cnc2c([N+](=O)[O-])ccc(C)c2c1Cl. The second-order valence-electron chi connectivity index (χ2n) is 3.64. The molecule has 0 N–H and O–H groups in total. The maximum absolute atomic E-state index is 10.8. The van der Waals surface area contributed by atoms with E-state index in [1.807, 2.05) is 13.8 Å². The highest BCUT2D eigenvalue weighted by molar-refractivity contribution is 6.36. The van der Waals surface area contributed by atoms with Gasteiger partial charge in [-0.3, -0.25) is 10.1 Å².